The van der Waals surface area contributed by atoms with E-state index in [0.717, 1.165) is 8.56 Å². The third kappa shape index (κ3) is 1.99. The molecule has 2 heterocycles. The summed E-state index contributed by atoms with van der Waals surface area (Å²) in [5.74, 6) is 0. The van der Waals surface area contributed by atoms with Gasteiger partial charge in [-0.1, -0.05) is 0 Å². The predicted molar refractivity (Wildman–Crippen MR) is 72.5 cm³/mol. The van der Waals surface area contributed by atoms with Crippen LogP contribution in [0.15, 0.2) is 9.85 Å². The molecule has 16 heavy (non-hydrogen) atoms. The first-order chi connectivity index (χ1) is 7.23. The number of hydrogen-bond donors (Lipinski definition) is 0. The summed E-state index contributed by atoms with van der Waals surface area (Å²) in [4.78, 5) is 0. The Hall–Kier alpha value is 0.165. The summed E-state index contributed by atoms with van der Waals surface area (Å²) in [6.07, 6.45) is 0. The van der Waals surface area contributed by atoms with Crippen molar-refractivity contribution in [3.63, 3.8) is 0 Å². The van der Waals surface area contributed by atoms with E-state index < -0.39 is 0 Å². The molecular weight excluding hydrogens is 287 g/mol. The first-order valence-corrected chi connectivity index (χ1v) is 6.95. The minimum Gasteiger partial charge on any atom is -0.399 e. The molecule has 1 fully saturated rings. The van der Waals surface area contributed by atoms with E-state index in [1.54, 1.807) is 11.3 Å². The Balaban J connectivity index is 2.27. The highest BCUT2D eigenvalue weighted by Gasteiger charge is 2.52. The molecule has 88 valence electrons. The molecule has 0 aromatic carbocycles. The van der Waals surface area contributed by atoms with Crippen LogP contribution in [-0.4, -0.2) is 18.3 Å². The molecule has 0 aliphatic carbocycles. The van der Waals surface area contributed by atoms with Gasteiger partial charge in [0.2, 0.25) is 0 Å². The second-order valence-electron chi connectivity index (χ2n) is 5.19. The molecule has 0 spiro atoms. The summed E-state index contributed by atoms with van der Waals surface area (Å²) in [6.45, 7) is 10.4. The van der Waals surface area contributed by atoms with Crippen LogP contribution in [0, 0.1) is 6.92 Å². The SMILES string of the molecule is Cc1cc(B2OC(C)(C)C(C)(C)O2)sc1Br. The van der Waals surface area contributed by atoms with Crippen molar-refractivity contribution in [2.75, 3.05) is 0 Å². The summed E-state index contributed by atoms with van der Waals surface area (Å²) < 4.78 is 14.2. The van der Waals surface area contributed by atoms with Crippen LogP contribution in [0.1, 0.15) is 33.3 Å². The van der Waals surface area contributed by atoms with Crippen molar-refractivity contribution in [2.24, 2.45) is 0 Å². The van der Waals surface area contributed by atoms with E-state index in [9.17, 15) is 0 Å². The lowest BCUT2D eigenvalue weighted by Gasteiger charge is -2.32. The minimum absolute atomic E-state index is 0.236. The number of rotatable bonds is 1. The standard InChI is InChI=1S/C11H16BBrO2S/c1-7-6-8(16-9(7)13)12-14-10(2,3)11(4,5)15-12/h6H,1-5H3. The van der Waals surface area contributed by atoms with Gasteiger partial charge >= 0.3 is 7.12 Å². The van der Waals surface area contributed by atoms with Crippen LogP contribution in [0.2, 0.25) is 0 Å². The lowest BCUT2D eigenvalue weighted by Crippen LogP contribution is -2.41. The van der Waals surface area contributed by atoms with Gasteiger partial charge in [0.1, 0.15) is 0 Å². The molecule has 0 amide bonds. The van der Waals surface area contributed by atoms with E-state index in [1.807, 2.05) is 0 Å². The molecule has 1 aromatic heterocycles. The fourth-order valence-corrected chi connectivity index (χ4v) is 3.09. The van der Waals surface area contributed by atoms with E-state index in [1.165, 1.54) is 5.56 Å². The van der Waals surface area contributed by atoms with E-state index >= 15 is 0 Å². The molecule has 0 bridgehead atoms. The van der Waals surface area contributed by atoms with Crippen LogP contribution < -0.4 is 4.78 Å². The molecular formula is C11H16BBrO2S. The zero-order chi connectivity index (χ0) is 12.1. The number of halogens is 1. The molecule has 0 N–H and O–H groups in total. The van der Waals surface area contributed by atoms with E-state index in [2.05, 4.69) is 56.6 Å². The molecule has 5 heteroatoms. The van der Waals surface area contributed by atoms with Gasteiger partial charge in [-0.05, 0) is 62.2 Å². The normalized spacial score (nSPS) is 22.8. The van der Waals surface area contributed by atoms with Gasteiger partial charge < -0.3 is 9.31 Å². The Morgan fingerprint density at radius 2 is 1.69 bits per heavy atom. The molecule has 0 radical (unpaired) electrons. The fourth-order valence-electron chi connectivity index (χ4n) is 1.56. The van der Waals surface area contributed by atoms with Gasteiger partial charge in [-0.2, -0.15) is 0 Å². The molecule has 2 rings (SSSR count). The van der Waals surface area contributed by atoms with Gasteiger partial charge in [0.15, 0.2) is 0 Å². The predicted octanol–water partition coefficient (Wildman–Crippen LogP) is 3.12. The molecule has 1 aliphatic rings. The second-order valence-corrected chi connectivity index (χ2v) is 7.60. The van der Waals surface area contributed by atoms with Crippen LogP contribution >= 0.6 is 27.3 Å². The van der Waals surface area contributed by atoms with Crippen molar-refractivity contribution >= 4 is 39.2 Å². The van der Waals surface area contributed by atoms with Crippen molar-refractivity contribution in [3.05, 3.63) is 15.4 Å². The Morgan fingerprint density at radius 3 is 2.06 bits per heavy atom. The summed E-state index contributed by atoms with van der Waals surface area (Å²) in [5.41, 5.74) is 0.707. The first-order valence-electron chi connectivity index (χ1n) is 5.34. The summed E-state index contributed by atoms with van der Waals surface area (Å²) in [6, 6.07) is 2.12. The number of thiophene rings is 1. The maximum absolute atomic E-state index is 5.99. The van der Waals surface area contributed by atoms with Gasteiger partial charge in [0, 0.05) is 4.78 Å². The third-order valence-electron chi connectivity index (χ3n) is 3.36. The Bertz CT molecular complexity index is 379. The Kier molecular flexibility index (Phi) is 3.02. The average molecular weight is 303 g/mol. The summed E-state index contributed by atoms with van der Waals surface area (Å²) in [5, 5.41) is 0. The van der Waals surface area contributed by atoms with Crippen molar-refractivity contribution < 1.29 is 9.31 Å². The number of aryl methyl sites for hydroxylation is 1. The average Bonchev–Trinajstić information content (AvgIpc) is 2.54. The zero-order valence-electron chi connectivity index (χ0n) is 10.3. The Labute approximate surface area is 110 Å². The van der Waals surface area contributed by atoms with Crippen LogP contribution in [-0.2, 0) is 9.31 Å². The topological polar surface area (TPSA) is 18.5 Å². The number of hydrogen-bond acceptors (Lipinski definition) is 3. The lowest BCUT2D eigenvalue weighted by atomic mass is 9.87. The zero-order valence-corrected chi connectivity index (χ0v) is 12.7. The lowest BCUT2D eigenvalue weighted by molar-refractivity contribution is 0.00578. The largest absolute Gasteiger partial charge is 0.505 e. The van der Waals surface area contributed by atoms with Crippen molar-refractivity contribution in [1.82, 2.24) is 0 Å². The van der Waals surface area contributed by atoms with E-state index in [0.29, 0.717) is 0 Å². The van der Waals surface area contributed by atoms with E-state index in [-0.39, 0.29) is 18.3 Å². The maximum atomic E-state index is 5.99. The van der Waals surface area contributed by atoms with Crippen molar-refractivity contribution in [2.45, 2.75) is 45.8 Å². The molecule has 1 aromatic rings. The highest BCUT2D eigenvalue weighted by Crippen LogP contribution is 2.37. The van der Waals surface area contributed by atoms with Crippen LogP contribution in [0.4, 0.5) is 0 Å². The summed E-state index contributed by atoms with van der Waals surface area (Å²) >= 11 is 5.21. The molecule has 0 unspecified atom stereocenters. The smallest absolute Gasteiger partial charge is 0.399 e. The van der Waals surface area contributed by atoms with Gasteiger partial charge in [0.25, 0.3) is 0 Å². The monoisotopic (exact) mass is 302 g/mol. The van der Waals surface area contributed by atoms with Crippen LogP contribution in [0.3, 0.4) is 0 Å². The first kappa shape index (κ1) is 12.6. The van der Waals surface area contributed by atoms with Crippen LogP contribution in [0.25, 0.3) is 0 Å². The maximum Gasteiger partial charge on any atom is 0.505 e. The van der Waals surface area contributed by atoms with E-state index in [4.69, 9.17) is 9.31 Å². The van der Waals surface area contributed by atoms with Crippen molar-refractivity contribution in [3.8, 4) is 0 Å². The highest BCUT2D eigenvalue weighted by atomic mass is 79.9. The molecule has 0 saturated carbocycles. The minimum atomic E-state index is -0.262. The molecule has 0 atom stereocenters. The van der Waals surface area contributed by atoms with Gasteiger partial charge in [0.05, 0.1) is 15.0 Å². The summed E-state index contributed by atoms with van der Waals surface area (Å²) in [7, 11) is -0.236. The quantitative estimate of drug-likeness (QED) is 0.742. The fraction of sp³-hybridized carbons (Fsp3) is 0.636. The molecule has 1 saturated heterocycles. The van der Waals surface area contributed by atoms with Gasteiger partial charge in [-0.3, -0.25) is 0 Å². The van der Waals surface area contributed by atoms with Gasteiger partial charge in [-0.25, -0.2) is 0 Å². The third-order valence-corrected chi connectivity index (χ3v) is 5.52. The van der Waals surface area contributed by atoms with Crippen molar-refractivity contribution in [1.29, 1.82) is 0 Å². The van der Waals surface area contributed by atoms with Crippen LogP contribution in [0.5, 0.6) is 0 Å². The molecule has 1 aliphatic heterocycles. The highest BCUT2D eigenvalue weighted by molar-refractivity contribution is 9.11. The van der Waals surface area contributed by atoms with Gasteiger partial charge in [-0.15, -0.1) is 11.3 Å². The molecule has 2 nitrogen and oxygen atoms in total. The Morgan fingerprint density at radius 1 is 1.19 bits per heavy atom. The second kappa shape index (κ2) is 3.84.